The van der Waals surface area contributed by atoms with Crippen LogP contribution in [0.4, 0.5) is 0 Å². The molecule has 0 rings (SSSR count). The second kappa shape index (κ2) is 23.5. The molecule has 0 heterocycles. The standard InChI is InChI=1S/C24H47ClO2.H3P/c1-3-5-7-9-11-13-15-18-22(19-17-21-25)23(24(26)27)20-16-14-12-10-8-6-4-2;/h22-23H,3-21H2,1-2H3,(H,26,27);1H3. The number of alkyl halides is 1. The van der Waals surface area contributed by atoms with Crippen molar-refractivity contribution in [1.29, 1.82) is 0 Å². The monoisotopic (exact) mass is 436 g/mol. The van der Waals surface area contributed by atoms with Crippen molar-refractivity contribution in [1.82, 2.24) is 0 Å². The Hall–Kier alpha value is 0.190. The molecule has 0 amide bonds. The van der Waals surface area contributed by atoms with Crippen LogP contribution in [0, 0.1) is 11.8 Å². The van der Waals surface area contributed by atoms with Crippen LogP contribution in [0.3, 0.4) is 0 Å². The van der Waals surface area contributed by atoms with Gasteiger partial charge in [0.2, 0.25) is 0 Å². The van der Waals surface area contributed by atoms with Crippen LogP contribution in [0.5, 0.6) is 0 Å². The number of aliphatic carboxylic acids is 1. The highest BCUT2D eigenvalue weighted by Gasteiger charge is 2.26. The zero-order chi connectivity index (χ0) is 20.2. The topological polar surface area (TPSA) is 37.3 Å². The van der Waals surface area contributed by atoms with Gasteiger partial charge in [-0.3, -0.25) is 4.79 Å². The number of unbranched alkanes of at least 4 members (excludes halogenated alkanes) is 12. The fourth-order valence-electron chi connectivity index (χ4n) is 4.13. The van der Waals surface area contributed by atoms with Crippen molar-refractivity contribution in [2.24, 2.45) is 11.8 Å². The van der Waals surface area contributed by atoms with E-state index in [0.717, 1.165) is 32.1 Å². The molecule has 0 radical (unpaired) electrons. The number of rotatable bonds is 21. The maximum atomic E-state index is 11.9. The average Bonchev–Trinajstić information content (AvgIpc) is 2.66. The number of carboxylic acids is 1. The zero-order valence-electron chi connectivity index (χ0n) is 19.0. The summed E-state index contributed by atoms with van der Waals surface area (Å²) >= 11 is 5.90. The van der Waals surface area contributed by atoms with Crippen LogP contribution in [0.15, 0.2) is 0 Å². The lowest BCUT2D eigenvalue weighted by atomic mass is 9.81. The normalized spacial score (nSPS) is 13.1. The Morgan fingerprint density at radius 2 is 1.07 bits per heavy atom. The van der Waals surface area contributed by atoms with Crippen LogP contribution < -0.4 is 0 Å². The van der Waals surface area contributed by atoms with E-state index in [1.54, 1.807) is 0 Å². The second-order valence-electron chi connectivity index (χ2n) is 8.36. The number of hydrogen-bond donors (Lipinski definition) is 1. The minimum atomic E-state index is -0.580. The number of halogens is 1. The molecule has 3 atom stereocenters. The number of carbonyl (C=O) groups is 1. The van der Waals surface area contributed by atoms with Crippen molar-refractivity contribution in [3.05, 3.63) is 0 Å². The van der Waals surface area contributed by atoms with Crippen LogP contribution in [0.25, 0.3) is 0 Å². The van der Waals surface area contributed by atoms with Gasteiger partial charge in [0.05, 0.1) is 5.92 Å². The van der Waals surface area contributed by atoms with Crippen molar-refractivity contribution < 1.29 is 9.90 Å². The van der Waals surface area contributed by atoms with Crippen LogP contribution >= 0.6 is 21.5 Å². The Balaban J connectivity index is 0. The van der Waals surface area contributed by atoms with E-state index in [2.05, 4.69) is 13.8 Å². The maximum Gasteiger partial charge on any atom is 0.306 e. The third kappa shape index (κ3) is 18.2. The molecular weight excluding hydrogens is 387 g/mol. The molecule has 0 aliphatic carbocycles. The highest BCUT2D eigenvalue weighted by molar-refractivity contribution is 6.92. The van der Waals surface area contributed by atoms with Crippen molar-refractivity contribution in [3.8, 4) is 0 Å². The quantitative estimate of drug-likeness (QED) is 0.111. The molecule has 0 saturated carbocycles. The van der Waals surface area contributed by atoms with Gasteiger partial charge in [0.1, 0.15) is 0 Å². The van der Waals surface area contributed by atoms with Gasteiger partial charge in [-0.25, -0.2) is 0 Å². The molecule has 3 unspecified atom stereocenters. The fourth-order valence-corrected chi connectivity index (χ4v) is 4.29. The smallest absolute Gasteiger partial charge is 0.306 e. The van der Waals surface area contributed by atoms with Crippen molar-refractivity contribution in [2.45, 2.75) is 129 Å². The highest BCUT2D eigenvalue weighted by Crippen LogP contribution is 2.29. The third-order valence-corrected chi connectivity index (χ3v) is 6.16. The van der Waals surface area contributed by atoms with Gasteiger partial charge in [0.25, 0.3) is 0 Å². The SMILES string of the molecule is CCCCCCCCCC(CCCCl)C(CCCCCCCCC)C(=O)O.P. The van der Waals surface area contributed by atoms with Crippen LogP contribution in [0.1, 0.15) is 129 Å². The van der Waals surface area contributed by atoms with E-state index in [-0.39, 0.29) is 15.8 Å². The molecule has 0 aliphatic heterocycles. The van der Waals surface area contributed by atoms with Crippen LogP contribution in [0.2, 0.25) is 0 Å². The predicted molar refractivity (Wildman–Crippen MR) is 131 cm³/mol. The molecule has 0 bridgehead atoms. The van der Waals surface area contributed by atoms with Gasteiger partial charge in [-0.2, -0.15) is 9.90 Å². The third-order valence-electron chi connectivity index (χ3n) is 5.89. The molecule has 0 aromatic carbocycles. The average molecular weight is 437 g/mol. The lowest BCUT2D eigenvalue weighted by molar-refractivity contribution is -0.144. The van der Waals surface area contributed by atoms with Crippen molar-refractivity contribution >= 4 is 27.5 Å². The van der Waals surface area contributed by atoms with E-state index in [1.807, 2.05) is 0 Å². The van der Waals surface area contributed by atoms with E-state index in [4.69, 9.17) is 11.6 Å². The molecule has 0 spiro atoms. The molecule has 0 aliphatic rings. The summed E-state index contributed by atoms with van der Waals surface area (Å²) in [5, 5.41) is 9.78. The lowest BCUT2D eigenvalue weighted by Crippen LogP contribution is -2.24. The summed E-state index contributed by atoms with van der Waals surface area (Å²) in [7, 11) is 0. The van der Waals surface area contributed by atoms with Gasteiger partial charge in [-0.05, 0) is 31.6 Å². The van der Waals surface area contributed by atoms with E-state index in [9.17, 15) is 9.90 Å². The second-order valence-corrected chi connectivity index (χ2v) is 8.73. The first kappa shape index (κ1) is 30.4. The van der Waals surface area contributed by atoms with E-state index < -0.39 is 5.97 Å². The molecule has 2 nitrogen and oxygen atoms in total. The van der Waals surface area contributed by atoms with E-state index in [1.165, 1.54) is 83.5 Å². The molecule has 1 N–H and O–H groups in total. The molecule has 4 heteroatoms. The van der Waals surface area contributed by atoms with Gasteiger partial charge in [0, 0.05) is 5.88 Å². The number of carboxylic acid groups (broad SMARTS) is 1. The largest absolute Gasteiger partial charge is 0.481 e. The summed E-state index contributed by atoms with van der Waals surface area (Å²) in [4.78, 5) is 11.9. The van der Waals surface area contributed by atoms with E-state index >= 15 is 0 Å². The summed E-state index contributed by atoms with van der Waals surface area (Å²) in [5.74, 6) is 0.224. The summed E-state index contributed by atoms with van der Waals surface area (Å²) in [6, 6.07) is 0. The zero-order valence-corrected chi connectivity index (χ0v) is 21.2. The molecule has 28 heavy (non-hydrogen) atoms. The Labute approximate surface area is 184 Å². The summed E-state index contributed by atoms with van der Waals surface area (Å²) in [6.45, 7) is 4.49. The Bertz CT molecular complexity index is 326. The minimum absolute atomic E-state index is 0. The molecular formula is C24H50ClO2P. The first-order valence-electron chi connectivity index (χ1n) is 12.0. The van der Waals surface area contributed by atoms with Gasteiger partial charge < -0.3 is 5.11 Å². The maximum absolute atomic E-state index is 11.9. The van der Waals surface area contributed by atoms with Crippen LogP contribution in [-0.2, 0) is 4.79 Å². The lowest BCUT2D eigenvalue weighted by Gasteiger charge is -2.24. The highest BCUT2D eigenvalue weighted by atomic mass is 35.5. The number of hydrogen-bond acceptors (Lipinski definition) is 1. The minimum Gasteiger partial charge on any atom is -0.481 e. The first-order valence-corrected chi connectivity index (χ1v) is 12.5. The molecule has 0 fully saturated rings. The van der Waals surface area contributed by atoms with Gasteiger partial charge in [-0.1, -0.05) is 104 Å². The van der Waals surface area contributed by atoms with Crippen molar-refractivity contribution in [2.75, 3.05) is 5.88 Å². The predicted octanol–water partition coefficient (Wildman–Crippen LogP) is 8.66. The van der Waals surface area contributed by atoms with Gasteiger partial charge in [-0.15, -0.1) is 11.6 Å². The molecule has 170 valence electrons. The van der Waals surface area contributed by atoms with Gasteiger partial charge >= 0.3 is 5.97 Å². The Morgan fingerprint density at radius 1 is 0.679 bits per heavy atom. The molecule has 0 aromatic rings. The molecule has 0 aromatic heterocycles. The Morgan fingerprint density at radius 3 is 1.50 bits per heavy atom. The first-order chi connectivity index (χ1) is 13.2. The van der Waals surface area contributed by atoms with Gasteiger partial charge in [0.15, 0.2) is 0 Å². The summed E-state index contributed by atoms with van der Waals surface area (Å²) in [6.07, 6.45) is 21.7. The molecule has 0 saturated heterocycles. The van der Waals surface area contributed by atoms with Crippen molar-refractivity contribution in [3.63, 3.8) is 0 Å². The summed E-state index contributed by atoms with van der Waals surface area (Å²) in [5.41, 5.74) is 0. The van der Waals surface area contributed by atoms with Crippen LogP contribution in [-0.4, -0.2) is 17.0 Å². The fraction of sp³-hybridized carbons (Fsp3) is 0.958. The van der Waals surface area contributed by atoms with E-state index in [0.29, 0.717) is 11.8 Å². The summed E-state index contributed by atoms with van der Waals surface area (Å²) < 4.78 is 0. The Kier molecular flexibility index (Phi) is 25.5.